The van der Waals surface area contributed by atoms with E-state index in [0.717, 1.165) is 18.7 Å². The first-order chi connectivity index (χ1) is 4.84. The summed E-state index contributed by atoms with van der Waals surface area (Å²) >= 11 is 0. The molecule has 1 rings (SSSR count). The summed E-state index contributed by atoms with van der Waals surface area (Å²) in [6.07, 6.45) is 5.65. The van der Waals surface area contributed by atoms with E-state index in [0.29, 0.717) is 12.2 Å². The van der Waals surface area contributed by atoms with Crippen molar-refractivity contribution in [3.8, 4) is 0 Å². The van der Waals surface area contributed by atoms with Gasteiger partial charge in [0.1, 0.15) is 5.76 Å². The summed E-state index contributed by atoms with van der Waals surface area (Å²) in [5, 5.41) is 12.3. The van der Waals surface area contributed by atoms with Crippen molar-refractivity contribution >= 4 is 0 Å². The van der Waals surface area contributed by atoms with Crippen molar-refractivity contribution in [1.29, 1.82) is 0 Å². The summed E-state index contributed by atoms with van der Waals surface area (Å²) in [5.74, 6) is 0.466. The molecule has 0 saturated carbocycles. The van der Waals surface area contributed by atoms with Gasteiger partial charge in [0.05, 0.1) is 5.70 Å². The Bertz CT molecular complexity index is 170. The number of aliphatic hydroxyl groups excluding tert-OH is 1. The van der Waals surface area contributed by atoms with E-state index in [1.54, 1.807) is 0 Å². The Kier molecular flexibility index (Phi) is 2.37. The molecule has 0 heterocycles. The molecule has 0 atom stereocenters. The number of hydrogen-bond acceptors (Lipinski definition) is 2. The van der Waals surface area contributed by atoms with Crippen molar-refractivity contribution in [2.24, 2.45) is 0 Å². The summed E-state index contributed by atoms with van der Waals surface area (Å²) in [6, 6.07) is 0. The SMILES string of the molecule is CCCNC1=C(O)CC=C1. The average Bonchev–Trinajstić information content (AvgIpc) is 2.31. The predicted molar refractivity (Wildman–Crippen MR) is 41.7 cm³/mol. The van der Waals surface area contributed by atoms with Gasteiger partial charge in [0.2, 0.25) is 0 Å². The predicted octanol–water partition coefficient (Wildman–Crippen LogP) is 1.72. The lowest BCUT2D eigenvalue weighted by Crippen LogP contribution is -2.12. The van der Waals surface area contributed by atoms with Crippen LogP contribution < -0.4 is 5.32 Å². The van der Waals surface area contributed by atoms with E-state index in [4.69, 9.17) is 0 Å². The molecule has 0 bridgehead atoms. The molecule has 2 heteroatoms. The van der Waals surface area contributed by atoms with Crippen molar-refractivity contribution in [1.82, 2.24) is 5.32 Å². The van der Waals surface area contributed by atoms with Crippen LogP contribution in [0.5, 0.6) is 0 Å². The lowest BCUT2D eigenvalue weighted by Gasteiger charge is -2.03. The molecule has 2 nitrogen and oxygen atoms in total. The molecule has 0 aliphatic heterocycles. The lowest BCUT2D eigenvalue weighted by atomic mass is 10.4. The van der Waals surface area contributed by atoms with E-state index in [-0.39, 0.29) is 0 Å². The zero-order valence-electron chi connectivity index (χ0n) is 6.22. The van der Waals surface area contributed by atoms with Crippen LogP contribution >= 0.6 is 0 Å². The smallest absolute Gasteiger partial charge is 0.119 e. The Hall–Kier alpha value is -0.920. The number of aliphatic hydroxyl groups is 1. The van der Waals surface area contributed by atoms with Crippen LogP contribution in [-0.4, -0.2) is 11.7 Å². The molecule has 0 aromatic carbocycles. The van der Waals surface area contributed by atoms with Crippen LogP contribution in [0.2, 0.25) is 0 Å². The van der Waals surface area contributed by atoms with E-state index >= 15 is 0 Å². The van der Waals surface area contributed by atoms with Crippen molar-refractivity contribution in [3.05, 3.63) is 23.6 Å². The molecule has 0 fully saturated rings. The molecule has 0 unspecified atom stereocenters. The molecule has 0 saturated heterocycles. The number of hydrogen-bond donors (Lipinski definition) is 2. The molecule has 1 aliphatic rings. The Balaban J connectivity index is 2.38. The Morgan fingerprint density at radius 2 is 2.50 bits per heavy atom. The van der Waals surface area contributed by atoms with Gasteiger partial charge in [-0.3, -0.25) is 0 Å². The second-order valence-corrected chi connectivity index (χ2v) is 2.39. The summed E-state index contributed by atoms with van der Waals surface area (Å²) in [5.41, 5.74) is 0.891. The molecule has 0 spiro atoms. The number of allylic oxidation sites excluding steroid dienone is 2. The third kappa shape index (κ3) is 1.53. The van der Waals surface area contributed by atoms with Gasteiger partial charge in [0.15, 0.2) is 0 Å². The fourth-order valence-electron chi connectivity index (χ4n) is 0.915. The Morgan fingerprint density at radius 1 is 1.70 bits per heavy atom. The van der Waals surface area contributed by atoms with Crippen LogP contribution in [0.1, 0.15) is 19.8 Å². The lowest BCUT2D eigenvalue weighted by molar-refractivity contribution is 0.395. The quantitative estimate of drug-likeness (QED) is 0.624. The van der Waals surface area contributed by atoms with Crippen LogP contribution in [0, 0.1) is 0 Å². The normalized spacial score (nSPS) is 16.5. The molecule has 2 N–H and O–H groups in total. The Morgan fingerprint density at radius 3 is 3.00 bits per heavy atom. The monoisotopic (exact) mass is 139 g/mol. The summed E-state index contributed by atoms with van der Waals surface area (Å²) < 4.78 is 0. The largest absolute Gasteiger partial charge is 0.510 e. The number of nitrogens with one attached hydrogen (secondary N) is 1. The van der Waals surface area contributed by atoms with Crippen molar-refractivity contribution in [2.45, 2.75) is 19.8 Å². The van der Waals surface area contributed by atoms with E-state index < -0.39 is 0 Å². The second kappa shape index (κ2) is 3.30. The molecule has 0 radical (unpaired) electrons. The van der Waals surface area contributed by atoms with Gasteiger partial charge in [-0.25, -0.2) is 0 Å². The fraction of sp³-hybridized carbons (Fsp3) is 0.500. The Labute approximate surface area is 61.3 Å². The minimum absolute atomic E-state index is 0.466. The van der Waals surface area contributed by atoms with Gasteiger partial charge in [0.25, 0.3) is 0 Å². The molecule has 10 heavy (non-hydrogen) atoms. The molecule has 0 amide bonds. The first kappa shape index (κ1) is 7.19. The van der Waals surface area contributed by atoms with Gasteiger partial charge in [-0.1, -0.05) is 13.0 Å². The van der Waals surface area contributed by atoms with Crippen molar-refractivity contribution < 1.29 is 5.11 Å². The highest BCUT2D eigenvalue weighted by Gasteiger charge is 2.04. The molecular weight excluding hydrogens is 126 g/mol. The van der Waals surface area contributed by atoms with Crippen molar-refractivity contribution in [2.75, 3.05) is 6.54 Å². The zero-order chi connectivity index (χ0) is 7.40. The summed E-state index contributed by atoms with van der Waals surface area (Å²) in [6.45, 7) is 3.03. The highest BCUT2D eigenvalue weighted by atomic mass is 16.3. The topological polar surface area (TPSA) is 32.3 Å². The van der Waals surface area contributed by atoms with Crippen LogP contribution in [-0.2, 0) is 0 Å². The standard InChI is InChI=1S/C8H13NO/c1-2-6-9-7-4-3-5-8(7)10/h3-4,9-10H,2,5-6H2,1H3. The van der Waals surface area contributed by atoms with Crippen LogP contribution in [0.3, 0.4) is 0 Å². The van der Waals surface area contributed by atoms with Gasteiger partial charge in [-0.2, -0.15) is 0 Å². The van der Waals surface area contributed by atoms with E-state index in [1.165, 1.54) is 0 Å². The third-order valence-electron chi connectivity index (χ3n) is 1.47. The maximum Gasteiger partial charge on any atom is 0.119 e. The highest BCUT2D eigenvalue weighted by Crippen LogP contribution is 2.12. The van der Waals surface area contributed by atoms with Gasteiger partial charge in [-0.15, -0.1) is 0 Å². The highest BCUT2D eigenvalue weighted by molar-refractivity contribution is 5.28. The minimum Gasteiger partial charge on any atom is -0.510 e. The molecule has 1 aliphatic carbocycles. The molecular formula is C8H13NO. The van der Waals surface area contributed by atoms with Gasteiger partial charge in [-0.05, 0) is 12.5 Å². The van der Waals surface area contributed by atoms with Gasteiger partial charge >= 0.3 is 0 Å². The summed E-state index contributed by atoms with van der Waals surface area (Å²) in [4.78, 5) is 0. The zero-order valence-corrected chi connectivity index (χ0v) is 6.22. The van der Waals surface area contributed by atoms with Gasteiger partial charge < -0.3 is 10.4 Å². The maximum absolute atomic E-state index is 9.17. The molecule has 0 aromatic heterocycles. The van der Waals surface area contributed by atoms with E-state index in [2.05, 4.69) is 12.2 Å². The first-order valence-electron chi connectivity index (χ1n) is 3.67. The first-order valence-corrected chi connectivity index (χ1v) is 3.67. The maximum atomic E-state index is 9.17. The second-order valence-electron chi connectivity index (χ2n) is 2.39. The third-order valence-corrected chi connectivity index (χ3v) is 1.47. The molecule has 0 aromatic rings. The number of rotatable bonds is 3. The summed E-state index contributed by atoms with van der Waals surface area (Å²) in [7, 11) is 0. The van der Waals surface area contributed by atoms with Crippen LogP contribution in [0.25, 0.3) is 0 Å². The molecule has 56 valence electrons. The van der Waals surface area contributed by atoms with E-state index in [9.17, 15) is 5.11 Å². The fourth-order valence-corrected chi connectivity index (χ4v) is 0.915. The average molecular weight is 139 g/mol. The van der Waals surface area contributed by atoms with Crippen LogP contribution in [0.15, 0.2) is 23.6 Å². The van der Waals surface area contributed by atoms with Crippen LogP contribution in [0.4, 0.5) is 0 Å². The minimum atomic E-state index is 0.466. The van der Waals surface area contributed by atoms with Gasteiger partial charge in [0, 0.05) is 13.0 Å². The van der Waals surface area contributed by atoms with Crippen molar-refractivity contribution in [3.63, 3.8) is 0 Å². The van der Waals surface area contributed by atoms with E-state index in [1.807, 2.05) is 12.2 Å².